The highest BCUT2D eigenvalue weighted by Gasteiger charge is 2.21. The number of rotatable bonds is 6. The van der Waals surface area contributed by atoms with Crippen LogP contribution in [0.15, 0.2) is 23.1 Å². The average Bonchev–Trinajstić information content (AvgIpc) is 2.31. The fourth-order valence-electron chi connectivity index (χ4n) is 1.49. The quantitative estimate of drug-likeness (QED) is 0.810. The first-order valence-corrected chi connectivity index (χ1v) is 7.37. The third-order valence-corrected chi connectivity index (χ3v) is 3.92. The molecule has 0 aliphatic heterocycles. The van der Waals surface area contributed by atoms with Crippen LogP contribution in [0.3, 0.4) is 0 Å². The molecule has 0 aromatic heterocycles. The van der Waals surface area contributed by atoms with E-state index >= 15 is 0 Å². The highest BCUT2D eigenvalue weighted by Crippen LogP contribution is 2.14. The first-order chi connectivity index (χ1) is 9.26. The standard InChI is InChI=1S/C12H15F2NO4S/c1-3-19-12(16)6-8(2)15-20(17,18)9-4-5-10(13)11(14)7-9/h4-5,7-8,15H,3,6H2,1-2H3. The summed E-state index contributed by atoms with van der Waals surface area (Å²) in [5.41, 5.74) is 0. The zero-order valence-electron chi connectivity index (χ0n) is 11.0. The van der Waals surface area contributed by atoms with Crippen LogP contribution in [0, 0.1) is 11.6 Å². The van der Waals surface area contributed by atoms with Gasteiger partial charge in [-0.05, 0) is 32.0 Å². The van der Waals surface area contributed by atoms with E-state index in [9.17, 15) is 22.0 Å². The van der Waals surface area contributed by atoms with E-state index < -0.39 is 38.6 Å². The Labute approximate surface area is 116 Å². The minimum absolute atomic E-state index is 0.156. The lowest BCUT2D eigenvalue weighted by atomic mass is 10.3. The molecular weight excluding hydrogens is 292 g/mol. The number of halogens is 2. The maximum atomic E-state index is 13.0. The molecule has 1 atom stereocenters. The minimum Gasteiger partial charge on any atom is -0.466 e. The van der Waals surface area contributed by atoms with Gasteiger partial charge in [0.25, 0.3) is 0 Å². The average molecular weight is 307 g/mol. The number of nitrogens with one attached hydrogen (secondary N) is 1. The molecule has 0 amide bonds. The lowest BCUT2D eigenvalue weighted by molar-refractivity contribution is -0.143. The number of ether oxygens (including phenoxy) is 1. The van der Waals surface area contributed by atoms with Crippen LogP contribution in [0.5, 0.6) is 0 Å². The van der Waals surface area contributed by atoms with E-state index in [-0.39, 0.29) is 13.0 Å². The van der Waals surface area contributed by atoms with Crippen molar-refractivity contribution in [1.82, 2.24) is 4.72 Å². The number of hydrogen-bond donors (Lipinski definition) is 1. The molecule has 1 N–H and O–H groups in total. The third kappa shape index (κ3) is 4.53. The summed E-state index contributed by atoms with van der Waals surface area (Å²) in [6, 6.07) is 1.51. The van der Waals surface area contributed by atoms with Crippen molar-refractivity contribution in [2.75, 3.05) is 6.61 Å². The number of benzene rings is 1. The molecule has 0 saturated heterocycles. The SMILES string of the molecule is CCOC(=O)CC(C)NS(=O)(=O)c1ccc(F)c(F)c1. The van der Waals surface area contributed by atoms with Gasteiger partial charge in [-0.1, -0.05) is 0 Å². The summed E-state index contributed by atoms with van der Waals surface area (Å²) in [6.45, 7) is 3.30. The molecule has 0 saturated carbocycles. The van der Waals surface area contributed by atoms with Gasteiger partial charge >= 0.3 is 5.97 Å². The molecule has 1 aromatic carbocycles. The minimum atomic E-state index is -4.02. The van der Waals surface area contributed by atoms with Crippen LogP contribution < -0.4 is 4.72 Å². The van der Waals surface area contributed by atoms with Gasteiger partial charge in [-0.2, -0.15) is 0 Å². The van der Waals surface area contributed by atoms with Crippen LogP contribution in [-0.2, 0) is 19.6 Å². The van der Waals surface area contributed by atoms with E-state index in [1.54, 1.807) is 6.92 Å². The van der Waals surface area contributed by atoms with Gasteiger partial charge in [-0.25, -0.2) is 21.9 Å². The van der Waals surface area contributed by atoms with E-state index in [0.29, 0.717) is 6.07 Å². The fraction of sp³-hybridized carbons (Fsp3) is 0.417. The Morgan fingerprint density at radius 1 is 1.35 bits per heavy atom. The summed E-state index contributed by atoms with van der Waals surface area (Å²) in [4.78, 5) is 10.8. The summed E-state index contributed by atoms with van der Waals surface area (Å²) in [6.07, 6.45) is -0.156. The first kappa shape index (κ1) is 16.5. The van der Waals surface area contributed by atoms with Gasteiger partial charge in [0.15, 0.2) is 11.6 Å². The largest absolute Gasteiger partial charge is 0.466 e. The van der Waals surface area contributed by atoms with Crippen LogP contribution in [0.2, 0.25) is 0 Å². The zero-order chi connectivity index (χ0) is 15.3. The topological polar surface area (TPSA) is 72.5 Å². The number of esters is 1. The van der Waals surface area contributed by atoms with Crippen LogP contribution in [-0.4, -0.2) is 27.0 Å². The molecule has 5 nitrogen and oxygen atoms in total. The third-order valence-electron chi connectivity index (χ3n) is 2.34. The Hall–Kier alpha value is -1.54. The summed E-state index contributed by atoms with van der Waals surface area (Å²) < 4.78 is 56.4. The van der Waals surface area contributed by atoms with Gasteiger partial charge in [-0.15, -0.1) is 0 Å². The molecule has 20 heavy (non-hydrogen) atoms. The van der Waals surface area contributed by atoms with Gasteiger partial charge in [-0.3, -0.25) is 4.79 Å². The van der Waals surface area contributed by atoms with Gasteiger partial charge in [0.2, 0.25) is 10.0 Å². The van der Waals surface area contributed by atoms with Crippen LogP contribution in [0.1, 0.15) is 20.3 Å². The van der Waals surface area contributed by atoms with E-state index in [0.717, 1.165) is 12.1 Å². The molecule has 1 unspecified atom stereocenters. The Bertz CT molecular complexity index is 589. The fourth-order valence-corrected chi connectivity index (χ4v) is 2.74. The predicted octanol–water partition coefficient (Wildman–Crippen LogP) is 1.58. The van der Waals surface area contributed by atoms with E-state index in [4.69, 9.17) is 0 Å². The zero-order valence-corrected chi connectivity index (χ0v) is 11.8. The first-order valence-electron chi connectivity index (χ1n) is 5.89. The van der Waals surface area contributed by atoms with Crippen LogP contribution in [0.25, 0.3) is 0 Å². The molecule has 0 radical (unpaired) electrons. The van der Waals surface area contributed by atoms with Crippen molar-refractivity contribution in [3.63, 3.8) is 0 Å². The molecule has 1 rings (SSSR count). The molecule has 0 aliphatic carbocycles. The molecule has 112 valence electrons. The number of sulfonamides is 1. The molecule has 0 spiro atoms. The number of carbonyl (C=O) groups is 1. The maximum absolute atomic E-state index is 13.0. The summed E-state index contributed by atoms with van der Waals surface area (Å²) >= 11 is 0. The Morgan fingerprint density at radius 3 is 2.55 bits per heavy atom. The summed E-state index contributed by atoms with van der Waals surface area (Å²) in [5.74, 6) is -2.94. The second kappa shape index (κ2) is 6.76. The van der Waals surface area contributed by atoms with Crippen molar-refractivity contribution in [3.8, 4) is 0 Å². The lowest BCUT2D eigenvalue weighted by Gasteiger charge is -2.13. The number of hydrogen-bond acceptors (Lipinski definition) is 4. The van der Waals surface area contributed by atoms with Gasteiger partial charge < -0.3 is 4.74 Å². The number of carbonyl (C=O) groups excluding carboxylic acids is 1. The lowest BCUT2D eigenvalue weighted by Crippen LogP contribution is -2.34. The van der Waals surface area contributed by atoms with Crippen molar-refractivity contribution in [2.45, 2.75) is 31.2 Å². The van der Waals surface area contributed by atoms with Crippen molar-refractivity contribution in [2.24, 2.45) is 0 Å². The smallest absolute Gasteiger partial charge is 0.307 e. The molecule has 0 bridgehead atoms. The van der Waals surface area contributed by atoms with Crippen LogP contribution >= 0.6 is 0 Å². The normalized spacial score (nSPS) is 13.0. The highest BCUT2D eigenvalue weighted by atomic mass is 32.2. The summed E-state index contributed by atoms with van der Waals surface area (Å²) in [5, 5.41) is 0. The van der Waals surface area contributed by atoms with E-state index in [1.807, 2.05) is 0 Å². The van der Waals surface area contributed by atoms with Crippen LogP contribution in [0.4, 0.5) is 8.78 Å². The van der Waals surface area contributed by atoms with E-state index in [1.165, 1.54) is 6.92 Å². The Morgan fingerprint density at radius 2 is 2.00 bits per heavy atom. The highest BCUT2D eigenvalue weighted by molar-refractivity contribution is 7.89. The monoisotopic (exact) mass is 307 g/mol. The van der Waals surface area contributed by atoms with E-state index in [2.05, 4.69) is 9.46 Å². The van der Waals surface area contributed by atoms with Crippen molar-refractivity contribution in [1.29, 1.82) is 0 Å². The Balaban J connectivity index is 2.79. The van der Waals surface area contributed by atoms with Crippen molar-refractivity contribution < 1.29 is 26.7 Å². The maximum Gasteiger partial charge on any atom is 0.307 e. The molecule has 1 aromatic rings. The van der Waals surface area contributed by atoms with Crippen molar-refractivity contribution >= 4 is 16.0 Å². The van der Waals surface area contributed by atoms with Gasteiger partial charge in [0.05, 0.1) is 17.9 Å². The molecule has 8 heteroatoms. The van der Waals surface area contributed by atoms with Crippen molar-refractivity contribution in [3.05, 3.63) is 29.8 Å². The Kier molecular flexibility index (Phi) is 5.58. The van der Waals surface area contributed by atoms with Gasteiger partial charge in [0, 0.05) is 6.04 Å². The van der Waals surface area contributed by atoms with Gasteiger partial charge in [0.1, 0.15) is 0 Å². The summed E-state index contributed by atoms with van der Waals surface area (Å²) in [7, 11) is -4.02. The molecule has 0 aliphatic rings. The molecule has 0 fully saturated rings. The second-order valence-electron chi connectivity index (χ2n) is 4.11. The molecular formula is C12H15F2NO4S. The predicted molar refractivity (Wildman–Crippen MR) is 67.4 cm³/mol. The second-order valence-corrected chi connectivity index (χ2v) is 5.82. The molecule has 0 heterocycles.